The van der Waals surface area contributed by atoms with E-state index in [0.717, 1.165) is 4.90 Å². The number of hydrogen-bond acceptors (Lipinski definition) is 4. The molecule has 7 nitrogen and oxygen atoms in total. The maximum absolute atomic E-state index is 11.6. The van der Waals surface area contributed by atoms with Gasteiger partial charge in [-0.05, 0) is 18.8 Å². The molecule has 1 heterocycles. The second-order valence-corrected chi connectivity index (χ2v) is 5.08. The highest BCUT2D eigenvalue weighted by Crippen LogP contribution is 2.03. The summed E-state index contributed by atoms with van der Waals surface area (Å²) in [4.78, 5) is 35.3. The molecule has 1 atom stereocenters. The average molecular weight is 307 g/mol. The van der Waals surface area contributed by atoms with Crippen LogP contribution < -0.4 is 16.4 Å². The van der Waals surface area contributed by atoms with Crippen molar-refractivity contribution in [1.29, 1.82) is 0 Å². The molecule has 1 aliphatic heterocycles. The number of rotatable bonds is 7. The minimum Gasteiger partial charge on any atom is -0.355 e. The van der Waals surface area contributed by atoms with Gasteiger partial charge >= 0.3 is 6.03 Å². The molecule has 1 aliphatic rings. The minimum atomic E-state index is -0.503. The second kappa shape index (κ2) is 8.76. The summed E-state index contributed by atoms with van der Waals surface area (Å²) in [7, 11) is 0. The number of hydrogen-bond donors (Lipinski definition) is 3. The third-order valence-corrected chi connectivity index (χ3v) is 2.86. The molecule has 1 saturated heterocycles. The van der Waals surface area contributed by atoms with E-state index in [9.17, 15) is 14.4 Å². The van der Waals surface area contributed by atoms with E-state index in [1.807, 2.05) is 13.8 Å². The molecular formula is C12H23ClN4O3. The number of amides is 4. The molecule has 0 unspecified atom stereocenters. The largest absolute Gasteiger partial charge is 0.355 e. The molecule has 4 N–H and O–H groups in total. The lowest BCUT2D eigenvalue weighted by Gasteiger charge is -2.15. The molecule has 1 fully saturated rings. The Labute approximate surface area is 125 Å². The van der Waals surface area contributed by atoms with Crippen LogP contribution in [0.15, 0.2) is 0 Å². The number of urea groups is 1. The van der Waals surface area contributed by atoms with Crippen molar-refractivity contribution in [3.05, 3.63) is 0 Å². The number of imide groups is 1. The van der Waals surface area contributed by atoms with Crippen LogP contribution in [-0.2, 0) is 9.59 Å². The van der Waals surface area contributed by atoms with Crippen molar-refractivity contribution >= 4 is 30.3 Å². The first kappa shape index (κ1) is 18.7. The van der Waals surface area contributed by atoms with Crippen molar-refractivity contribution in [2.75, 3.05) is 19.6 Å². The molecule has 0 aromatic heterocycles. The van der Waals surface area contributed by atoms with Crippen molar-refractivity contribution in [1.82, 2.24) is 15.5 Å². The lowest BCUT2D eigenvalue weighted by molar-refractivity contribution is -0.125. The second-order valence-electron chi connectivity index (χ2n) is 5.08. The monoisotopic (exact) mass is 306 g/mol. The highest BCUT2D eigenvalue weighted by Gasteiger charge is 2.27. The lowest BCUT2D eigenvalue weighted by atomic mass is 10.0. The molecule has 0 aromatic carbocycles. The summed E-state index contributed by atoms with van der Waals surface area (Å²) in [5.74, 6) is -0.0506. The summed E-state index contributed by atoms with van der Waals surface area (Å²) in [6.45, 7) is 4.78. The molecule has 116 valence electrons. The van der Waals surface area contributed by atoms with Crippen LogP contribution in [0.25, 0.3) is 0 Å². The molecule has 0 spiro atoms. The van der Waals surface area contributed by atoms with E-state index >= 15 is 0 Å². The quantitative estimate of drug-likeness (QED) is 0.449. The van der Waals surface area contributed by atoms with E-state index in [0.29, 0.717) is 31.8 Å². The zero-order valence-electron chi connectivity index (χ0n) is 11.8. The van der Waals surface area contributed by atoms with Gasteiger partial charge in [0.25, 0.3) is 0 Å². The molecule has 20 heavy (non-hydrogen) atoms. The molecule has 0 aromatic rings. The molecule has 0 radical (unpaired) electrons. The minimum absolute atomic E-state index is 0. The molecule has 0 saturated carbocycles. The first-order valence-electron chi connectivity index (χ1n) is 6.53. The standard InChI is InChI=1S/C12H22N4O3.ClH/c1-8(2)6-9(13)11(18)14-4-3-5-16-10(17)7-15-12(16)19;/h8-9H,3-7,13H2,1-2H3,(H,14,18)(H,15,19);1H/t9-;/m0./s1. The first-order valence-corrected chi connectivity index (χ1v) is 6.53. The van der Waals surface area contributed by atoms with E-state index in [1.165, 1.54) is 0 Å². The number of halogens is 1. The Morgan fingerprint density at radius 1 is 1.45 bits per heavy atom. The zero-order valence-corrected chi connectivity index (χ0v) is 12.7. The maximum Gasteiger partial charge on any atom is 0.324 e. The van der Waals surface area contributed by atoms with Crippen molar-refractivity contribution < 1.29 is 14.4 Å². The number of carbonyl (C=O) groups is 3. The van der Waals surface area contributed by atoms with Gasteiger partial charge in [0.2, 0.25) is 11.8 Å². The Hall–Kier alpha value is -1.34. The van der Waals surface area contributed by atoms with Gasteiger partial charge in [-0.25, -0.2) is 4.79 Å². The Morgan fingerprint density at radius 2 is 2.10 bits per heavy atom. The molecule has 8 heteroatoms. The predicted molar refractivity (Wildman–Crippen MR) is 77.4 cm³/mol. The van der Waals surface area contributed by atoms with Crippen LogP contribution in [-0.4, -0.2) is 48.4 Å². The predicted octanol–water partition coefficient (Wildman–Crippen LogP) is -0.160. The Morgan fingerprint density at radius 3 is 2.60 bits per heavy atom. The van der Waals surface area contributed by atoms with Crippen LogP contribution in [0.1, 0.15) is 26.7 Å². The van der Waals surface area contributed by atoms with Gasteiger partial charge in [-0.1, -0.05) is 13.8 Å². The Kier molecular flexibility index (Phi) is 8.17. The molecule has 0 bridgehead atoms. The summed E-state index contributed by atoms with van der Waals surface area (Å²) in [5.41, 5.74) is 5.73. The third-order valence-electron chi connectivity index (χ3n) is 2.86. The van der Waals surface area contributed by atoms with Gasteiger partial charge in [0.05, 0.1) is 12.6 Å². The third kappa shape index (κ3) is 5.75. The van der Waals surface area contributed by atoms with Crippen LogP contribution >= 0.6 is 12.4 Å². The van der Waals surface area contributed by atoms with E-state index in [-0.39, 0.29) is 36.8 Å². The highest BCUT2D eigenvalue weighted by atomic mass is 35.5. The molecule has 1 rings (SSSR count). The van der Waals surface area contributed by atoms with Gasteiger partial charge < -0.3 is 16.4 Å². The smallest absolute Gasteiger partial charge is 0.324 e. The van der Waals surface area contributed by atoms with Crippen molar-refractivity contribution in [2.24, 2.45) is 11.7 Å². The van der Waals surface area contributed by atoms with Gasteiger partial charge in [0.15, 0.2) is 0 Å². The average Bonchev–Trinajstić information content (AvgIpc) is 2.64. The van der Waals surface area contributed by atoms with Crippen molar-refractivity contribution in [2.45, 2.75) is 32.7 Å². The summed E-state index contributed by atoms with van der Waals surface area (Å²) in [5, 5.41) is 5.15. The van der Waals surface area contributed by atoms with Gasteiger partial charge in [0.1, 0.15) is 0 Å². The fourth-order valence-electron chi connectivity index (χ4n) is 1.88. The zero-order chi connectivity index (χ0) is 14.4. The van der Waals surface area contributed by atoms with E-state index in [2.05, 4.69) is 10.6 Å². The van der Waals surface area contributed by atoms with Crippen LogP contribution in [0.4, 0.5) is 4.79 Å². The van der Waals surface area contributed by atoms with Gasteiger partial charge in [0, 0.05) is 13.1 Å². The summed E-state index contributed by atoms with van der Waals surface area (Å²) in [6, 6.07) is -0.871. The van der Waals surface area contributed by atoms with Crippen LogP contribution in [0, 0.1) is 5.92 Å². The number of carbonyl (C=O) groups excluding carboxylic acids is 3. The van der Waals surface area contributed by atoms with Gasteiger partial charge in [-0.15, -0.1) is 12.4 Å². The van der Waals surface area contributed by atoms with Crippen molar-refractivity contribution in [3.8, 4) is 0 Å². The Bertz CT molecular complexity index is 347. The SMILES string of the molecule is CC(C)C[C@H](N)C(=O)NCCCN1C(=O)CNC1=O.Cl. The van der Waals surface area contributed by atoms with E-state index in [4.69, 9.17) is 5.73 Å². The normalized spacial score (nSPS) is 15.9. The molecule has 4 amide bonds. The fourth-order valence-corrected chi connectivity index (χ4v) is 1.88. The van der Waals surface area contributed by atoms with Crippen LogP contribution in [0.3, 0.4) is 0 Å². The molecular weight excluding hydrogens is 284 g/mol. The number of nitrogens with two attached hydrogens (primary N) is 1. The topological polar surface area (TPSA) is 105 Å². The van der Waals surface area contributed by atoms with Crippen LogP contribution in [0.5, 0.6) is 0 Å². The number of nitrogens with one attached hydrogen (secondary N) is 2. The van der Waals surface area contributed by atoms with Gasteiger partial charge in [-0.3, -0.25) is 14.5 Å². The molecule has 0 aliphatic carbocycles. The highest BCUT2D eigenvalue weighted by molar-refractivity contribution is 6.01. The lowest BCUT2D eigenvalue weighted by Crippen LogP contribution is -2.42. The maximum atomic E-state index is 11.6. The van der Waals surface area contributed by atoms with E-state index in [1.54, 1.807) is 0 Å². The summed E-state index contributed by atoms with van der Waals surface area (Å²) < 4.78 is 0. The fraction of sp³-hybridized carbons (Fsp3) is 0.750. The van der Waals surface area contributed by atoms with E-state index < -0.39 is 6.04 Å². The van der Waals surface area contributed by atoms with Crippen LogP contribution in [0.2, 0.25) is 0 Å². The number of nitrogens with zero attached hydrogens (tertiary/aromatic N) is 1. The Balaban J connectivity index is 0.00000361. The summed E-state index contributed by atoms with van der Waals surface area (Å²) in [6.07, 6.45) is 1.16. The van der Waals surface area contributed by atoms with Crippen molar-refractivity contribution in [3.63, 3.8) is 0 Å². The first-order chi connectivity index (χ1) is 8.91. The van der Waals surface area contributed by atoms with Gasteiger partial charge in [-0.2, -0.15) is 0 Å². The summed E-state index contributed by atoms with van der Waals surface area (Å²) >= 11 is 0.